The molecule has 0 bridgehead atoms. The van der Waals surface area contributed by atoms with E-state index in [1.54, 1.807) is 6.07 Å². The Morgan fingerprint density at radius 3 is 2.50 bits per heavy atom. The van der Waals surface area contributed by atoms with Gasteiger partial charge in [0.15, 0.2) is 18.2 Å². The van der Waals surface area contributed by atoms with Gasteiger partial charge < -0.3 is 19.8 Å². The van der Waals surface area contributed by atoms with Crippen molar-refractivity contribution in [2.24, 2.45) is 0 Å². The van der Waals surface area contributed by atoms with E-state index in [1.165, 1.54) is 36.6 Å². The van der Waals surface area contributed by atoms with Crippen LogP contribution in [0.1, 0.15) is 26.5 Å². The topological polar surface area (TPSA) is 111 Å². The third-order valence-electron chi connectivity index (χ3n) is 3.90. The van der Waals surface area contributed by atoms with Crippen LogP contribution in [0.3, 0.4) is 0 Å². The predicted octanol–water partition coefficient (Wildman–Crippen LogP) is 4.39. The summed E-state index contributed by atoms with van der Waals surface area (Å²) in [6.07, 6.45) is -2.83. The maximum atomic E-state index is 12.6. The molecule has 1 aromatic carbocycles. The van der Waals surface area contributed by atoms with Crippen LogP contribution in [0.15, 0.2) is 59.3 Å². The van der Waals surface area contributed by atoms with Crippen molar-refractivity contribution in [2.45, 2.75) is 6.18 Å². The van der Waals surface area contributed by atoms with Gasteiger partial charge in [0, 0.05) is 6.20 Å². The third-order valence-corrected chi connectivity index (χ3v) is 4.19. The third kappa shape index (κ3) is 5.64. The van der Waals surface area contributed by atoms with E-state index in [0.717, 1.165) is 0 Å². The molecule has 0 aliphatic carbocycles. The van der Waals surface area contributed by atoms with E-state index >= 15 is 0 Å². The van der Waals surface area contributed by atoms with Crippen LogP contribution in [-0.2, 0) is 15.7 Å². The van der Waals surface area contributed by atoms with Crippen molar-refractivity contribution in [1.82, 2.24) is 4.98 Å². The van der Waals surface area contributed by atoms with Crippen molar-refractivity contribution in [3.63, 3.8) is 0 Å². The summed E-state index contributed by atoms with van der Waals surface area (Å²) in [5.41, 5.74) is -1.00. The van der Waals surface area contributed by atoms with Crippen molar-refractivity contribution in [3.8, 4) is 0 Å². The average Bonchev–Trinajstić information content (AvgIpc) is 3.28. The molecule has 0 aliphatic heterocycles. The number of hydrogen-bond donors (Lipinski definition) is 2. The second-order valence-corrected chi connectivity index (χ2v) is 6.56. The largest absolute Gasteiger partial charge is 0.459 e. The number of alkyl halides is 3. The molecule has 2 aromatic heterocycles. The van der Waals surface area contributed by atoms with Crippen molar-refractivity contribution < 1.29 is 36.7 Å². The van der Waals surface area contributed by atoms with E-state index in [9.17, 15) is 27.6 Å². The number of furan rings is 1. The molecule has 0 fully saturated rings. The minimum Gasteiger partial charge on any atom is -0.459 e. The first kappa shape index (κ1) is 22.8. The Labute approximate surface area is 183 Å². The lowest BCUT2D eigenvalue weighted by molar-refractivity contribution is -0.137. The van der Waals surface area contributed by atoms with Crippen LogP contribution >= 0.6 is 11.6 Å². The average molecular weight is 468 g/mol. The molecular weight excluding hydrogens is 455 g/mol. The summed E-state index contributed by atoms with van der Waals surface area (Å²) in [4.78, 5) is 40.0. The Balaban J connectivity index is 1.61. The highest BCUT2D eigenvalue weighted by Crippen LogP contribution is 2.32. The van der Waals surface area contributed by atoms with E-state index in [4.69, 9.17) is 20.8 Å². The fourth-order valence-electron chi connectivity index (χ4n) is 2.42. The number of benzene rings is 1. The summed E-state index contributed by atoms with van der Waals surface area (Å²) in [6, 6.07) is 9.46. The van der Waals surface area contributed by atoms with E-state index in [-0.39, 0.29) is 22.8 Å². The minimum absolute atomic E-state index is 0.0217. The van der Waals surface area contributed by atoms with Gasteiger partial charge in [-0.1, -0.05) is 23.7 Å². The lowest BCUT2D eigenvalue weighted by Crippen LogP contribution is -2.22. The Kier molecular flexibility index (Phi) is 6.79. The molecule has 3 aromatic rings. The van der Waals surface area contributed by atoms with Gasteiger partial charge in [0.25, 0.3) is 11.8 Å². The zero-order chi connectivity index (χ0) is 23.3. The summed E-state index contributed by atoms with van der Waals surface area (Å²) in [6.45, 7) is -0.779. The lowest BCUT2D eigenvalue weighted by atomic mass is 10.1. The lowest BCUT2D eigenvalue weighted by Gasteiger charge is -2.11. The van der Waals surface area contributed by atoms with Crippen LogP contribution in [0, 0.1) is 0 Å². The van der Waals surface area contributed by atoms with E-state index in [1.807, 2.05) is 0 Å². The molecule has 0 spiro atoms. The molecule has 32 heavy (non-hydrogen) atoms. The Hall–Kier alpha value is -3.86. The number of nitrogens with one attached hydrogen (secondary N) is 2. The number of amides is 2. The maximum absolute atomic E-state index is 12.6. The van der Waals surface area contributed by atoms with Gasteiger partial charge in [0.1, 0.15) is 0 Å². The van der Waals surface area contributed by atoms with Crippen molar-refractivity contribution in [1.29, 1.82) is 0 Å². The SMILES string of the molecule is O=C(COC(=O)c1ccccc1NC(=O)c1ccco1)Nc1ncc(C(F)(F)F)cc1Cl. The highest BCUT2D eigenvalue weighted by molar-refractivity contribution is 6.33. The second-order valence-electron chi connectivity index (χ2n) is 6.15. The zero-order valence-electron chi connectivity index (χ0n) is 15.9. The predicted molar refractivity (Wildman–Crippen MR) is 106 cm³/mol. The number of carbonyl (C=O) groups is 3. The number of pyridine rings is 1. The van der Waals surface area contributed by atoms with Crippen LogP contribution in [0.5, 0.6) is 0 Å². The maximum Gasteiger partial charge on any atom is 0.417 e. The number of para-hydroxylation sites is 1. The molecule has 12 heteroatoms. The van der Waals surface area contributed by atoms with E-state index < -0.39 is 41.2 Å². The monoisotopic (exact) mass is 467 g/mol. The quantitative estimate of drug-likeness (QED) is 0.520. The number of anilines is 2. The minimum atomic E-state index is -4.64. The van der Waals surface area contributed by atoms with E-state index in [2.05, 4.69) is 15.6 Å². The number of aromatic nitrogens is 1. The number of carbonyl (C=O) groups excluding carboxylic acids is 3. The van der Waals surface area contributed by atoms with Gasteiger partial charge >= 0.3 is 12.1 Å². The first-order chi connectivity index (χ1) is 15.1. The first-order valence-corrected chi connectivity index (χ1v) is 9.16. The summed E-state index contributed by atoms with van der Waals surface area (Å²) in [7, 11) is 0. The van der Waals surface area contributed by atoms with Gasteiger partial charge in [-0.3, -0.25) is 9.59 Å². The molecule has 166 valence electrons. The standard InChI is InChI=1S/C20H13ClF3N3O5/c21-13-8-11(20(22,23)24)9-25-17(13)27-16(28)10-32-19(30)12-4-1-2-5-14(12)26-18(29)15-6-3-7-31-15/h1-9H,10H2,(H,26,29)(H,25,27,28). The number of hydrogen-bond acceptors (Lipinski definition) is 6. The molecule has 0 unspecified atom stereocenters. The number of ether oxygens (including phenoxy) is 1. The molecule has 0 saturated carbocycles. The Morgan fingerprint density at radius 1 is 1.09 bits per heavy atom. The number of nitrogens with zero attached hydrogens (tertiary/aromatic N) is 1. The van der Waals surface area contributed by atoms with Crippen LogP contribution in [-0.4, -0.2) is 29.4 Å². The van der Waals surface area contributed by atoms with Gasteiger partial charge in [-0.2, -0.15) is 13.2 Å². The van der Waals surface area contributed by atoms with Crippen LogP contribution < -0.4 is 10.6 Å². The van der Waals surface area contributed by atoms with Crippen molar-refractivity contribution in [2.75, 3.05) is 17.2 Å². The summed E-state index contributed by atoms with van der Waals surface area (Å²) < 4.78 is 47.8. The number of rotatable bonds is 6. The molecule has 2 heterocycles. The summed E-state index contributed by atoms with van der Waals surface area (Å²) >= 11 is 5.72. The molecule has 2 amide bonds. The van der Waals surface area contributed by atoms with Crippen LogP contribution in [0.2, 0.25) is 5.02 Å². The first-order valence-electron chi connectivity index (χ1n) is 8.79. The summed E-state index contributed by atoms with van der Waals surface area (Å²) in [5, 5.41) is 4.21. The molecule has 0 atom stereocenters. The molecule has 0 saturated heterocycles. The van der Waals surface area contributed by atoms with Gasteiger partial charge in [0.2, 0.25) is 0 Å². The second kappa shape index (κ2) is 9.52. The molecular formula is C20H13ClF3N3O5. The molecule has 0 aliphatic rings. The fraction of sp³-hybridized carbons (Fsp3) is 0.100. The van der Waals surface area contributed by atoms with Crippen molar-refractivity contribution >= 4 is 40.9 Å². The van der Waals surface area contributed by atoms with E-state index in [0.29, 0.717) is 12.3 Å². The summed E-state index contributed by atoms with van der Waals surface area (Å²) in [5.74, 6) is -2.72. The Bertz CT molecular complexity index is 1150. The van der Waals surface area contributed by atoms with Crippen LogP contribution in [0.25, 0.3) is 0 Å². The number of halogens is 4. The van der Waals surface area contributed by atoms with Gasteiger partial charge in [-0.25, -0.2) is 9.78 Å². The number of esters is 1. The highest BCUT2D eigenvalue weighted by atomic mass is 35.5. The fourth-order valence-corrected chi connectivity index (χ4v) is 2.64. The van der Waals surface area contributed by atoms with Gasteiger partial charge in [-0.15, -0.1) is 0 Å². The molecule has 3 rings (SSSR count). The zero-order valence-corrected chi connectivity index (χ0v) is 16.7. The molecule has 8 nitrogen and oxygen atoms in total. The highest BCUT2D eigenvalue weighted by Gasteiger charge is 2.31. The van der Waals surface area contributed by atoms with Crippen LogP contribution in [0.4, 0.5) is 24.7 Å². The van der Waals surface area contributed by atoms with Crippen molar-refractivity contribution in [3.05, 3.63) is 76.8 Å². The molecule has 0 radical (unpaired) electrons. The smallest absolute Gasteiger partial charge is 0.417 e. The normalized spacial score (nSPS) is 11.0. The van der Waals surface area contributed by atoms with Gasteiger partial charge in [0.05, 0.1) is 28.1 Å². The van der Waals surface area contributed by atoms with Gasteiger partial charge in [-0.05, 0) is 30.3 Å². The Morgan fingerprint density at radius 2 is 1.84 bits per heavy atom. The molecule has 2 N–H and O–H groups in total.